The molecular formula is C69H43N5O. The zero-order valence-corrected chi connectivity index (χ0v) is 40.5. The van der Waals surface area contributed by atoms with Crippen LogP contribution in [0.4, 0.5) is 0 Å². The molecule has 0 aliphatic rings. The highest BCUT2D eigenvalue weighted by atomic mass is 16.3. The Morgan fingerprint density at radius 1 is 0.240 bits per heavy atom. The quantitative estimate of drug-likeness (QED) is 0.152. The molecule has 6 heteroatoms. The lowest BCUT2D eigenvalue weighted by molar-refractivity contribution is 0.673. The molecular weight excluding hydrogens is 915 g/mol. The summed E-state index contributed by atoms with van der Waals surface area (Å²) in [6.07, 6.45) is 0. The van der Waals surface area contributed by atoms with Crippen LogP contribution < -0.4 is 0 Å². The maximum Gasteiger partial charge on any atom is 0.164 e. The van der Waals surface area contributed by atoms with Crippen molar-refractivity contribution in [3.8, 4) is 78.9 Å². The largest absolute Gasteiger partial charge is 0.452 e. The van der Waals surface area contributed by atoms with E-state index in [4.69, 9.17) is 19.4 Å². The Bertz CT molecular complexity index is 4590. The van der Waals surface area contributed by atoms with Crippen molar-refractivity contribution >= 4 is 65.6 Å². The highest BCUT2D eigenvalue weighted by Gasteiger charge is 2.24. The molecule has 15 rings (SSSR count). The third-order valence-corrected chi connectivity index (χ3v) is 14.8. The molecule has 4 aromatic heterocycles. The third kappa shape index (κ3) is 7.07. The van der Waals surface area contributed by atoms with E-state index < -0.39 is 0 Å². The molecule has 0 N–H and O–H groups in total. The number of furan rings is 1. The second-order valence-electron chi connectivity index (χ2n) is 19.1. The molecule has 75 heavy (non-hydrogen) atoms. The molecule has 0 aliphatic heterocycles. The molecule has 0 fully saturated rings. The molecule has 4 heterocycles. The zero-order valence-electron chi connectivity index (χ0n) is 40.5. The van der Waals surface area contributed by atoms with Crippen LogP contribution in [-0.2, 0) is 0 Å². The highest BCUT2D eigenvalue weighted by molar-refractivity contribution is 6.26. The van der Waals surface area contributed by atoms with Gasteiger partial charge in [0.05, 0.1) is 22.1 Å². The lowest BCUT2D eigenvalue weighted by atomic mass is 10.0. The van der Waals surface area contributed by atoms with Crippen molar-refractivity contribution in [3.05, 3.63) is 261 Å². The fraction of sp³-hybridized carbons (Fsp3) is 0. The normalized spacial score (nSPS) is 11.7. The summed E-state index contributed by atoms with van der Waals surface area (Å²) in [5.41, 5.74) is 17.5. The Morgan fingerprint density at radius 2 is 0.613 bits per heavy atom. The van der Waals surface area contributed by atoms with Crippen LogP contribution in [0.15, 0.2) is 265 Å². The average molecular weight is 958 g/mol. The minimum Gasteiger partial charge on any atom is -0.452 e. The predicted molar refractivity (Wildman–Crippen MR) is 308 cm³/mol. The molecule has 15 aromatic rings. The van der Waals surface area contributed by atoms with Gasteiger partial charge in [0.2, 0.25) is 0 Å². The first-order valence-corrected chi connectivity index (χ1v) is 25.3. The van der Waals surface area contributed by atoms with Crippen molar-refractivity contribution in [1.82, 2.24) is 24.1 Å². The molecule has 0 bridgehead atoms. The van der Waals surface area contributed by atoms with Crippen LogP contribution in [0.2, 0.25) is 0 Å². The second-order valence-corrected chi connectivity index (χ2v) is 19.1. The van der Waals surface area contributed by atoms with Gasteiger partial charge < -0.3 is 13.6 Å². The van der Waals surface area contributed by atoms with E-state index in [0.29, 0.717) is 17.5 Å². The monoisotopic (exact) mass is 957 g/mol. The maximum atomic E-state index is 7.39. The summed E-state index contributed by atoms with van der Waals surface area (Å²) in [6, 6.07) is 92.0. The molecule has 0 atom stereocenters. The van der Waals surface area contributed by atoms with Gasteiger partial charge in [0.1, 0.15) is 0 Å². The summed E-state index contributed by atoms with van der Waals surface area (Å²) in [6.45, 7) is 0. The number of para-hydroxylation sites is 2. The number of hydrogen-bond donors (Lipinski definition) is 0. The number of fused-ring (bicyclic) bond motifs is 11. The van der Waals surface area contributed by atoms with E-state index in [9.17, 15) is 0 Å². The SMILES string of the molecule is c1ccc(-c2cccc(-c3nc(-c4ccc(-n5c6ccccc6c6ccc7c8ccc9c%10ccccc%10n(-c%10cccc(-c%11ccccc%11)c%10)c9c8oc7c65)cc4)nc(-c4cccc(-c5ccccc5)c4)n3)c2)cc1. The maximum absolute atomic E-state index is 7.39. The molecule has 0 saturated carbocycles. The molecule has 0 spiro atoms. The number of rotatable bonds is 8. The van der Waals surface area contributed by atoms with Gasteiger partial charge in [-0.3, -0.25) is 0 Å². The molecule has 0 unspecified atom stereocenters. The topological polar surface area (TPSA) is 61.7 Å². The van der Waals surface area contributed by atoms with Gasteiger partial charge in [-0.2, -0.15) is 0 Å². The standard InChI is InChI=1S/C69H43N5O/c1-4-17-44(18-5-1)48-23-14-26-51(41-48)68-70-67(71-69(72-68)52-27-15-24-49(42-52)45-19-6-2-7-20-45)47-33-35-53(36-34-47)73-61-31-12-10-29-55(61)57-37-39-59-60-40-38-58-56-30-11-13-32-62(56)74(64(58)66(60)75-65(59)63(57)73)54-28-16-25-50(43-54)46-21-8-3-9-22-46/h1-43H. The fourth-order valence-electron chi connectivity index (χ4n) is 11.2. The van der Waals surface area contributed by atoms with E-state index in [1.165, 1.54) is 10.9 Å². The van der Waals surface area contributed by atoms with Crippen LogP contribution in [0.3, 0.4) is 0 Å². The summed E-state index contributed by atoms with van der Waals surface area (Å²) in [7, 11) is 0. The van der Waals surface area contributed by atoms with Crippen molar-refractivity contribution < 1.29 is 4.42 Å². The van der Waals surface area contributed by atoms with E-state index >= 15 is 0 Å². The van der Waals surface area contributed by atoms with Gasteiger partial charge in [-0.15, -0.1) is 0 Å². The first kappa shape index (κ1) is 42.5. The number of hydrogen-bond acceptors (Lipinski definition) is 4. The summed E-state index contributed by atoms with van der Waals surface area (Å²) in [5.74, 6) is 1.80. The molecule has 0 amide bonds. The second kappa shape index (κ2) is 17.3. The summed E-state index contributed by atoms with van der Waals surface area (Å²) >= 11 is 0. The smallest absolute Gasteiger partial charge is 0.164 e. The van der Waals surface area contributed by atoms with Crippen LogP contribution in [0.25, 0.3) is 144 Å². The first-order valence-electron chi connectivity index (χ1n) is 25.3. The van der Waals surface area contributed by atoms with Gasteiger partial charge >= 0.3 is 0 Å². The minimum atomic E-state index is 0.590. The van der Waals surface area contributed by atoms with Crippen LogP contribution in [-0.4, -0.2) is 24.1 Å². The molecule has 0 radical (unpaired) electrons. The van der Waals surface area contributed by atoms with Gasteiger partial charge in [0, 0.05) is 60.4 Å². The van der Waals surface area contributed by atoms with Gasteiger partial charge in [-0.25, -0.2) is 15.0 Å². The Kier molecular flexibility index (Phi) is 9.78. The zero-order chi connectivity index (χ0) is 49.4. The molecule has 6 nitrogen and oxygen atoms in total. The van der Waals surface area contributed by atoms with Gasteiger partial charge in [0.25, 0.3) is 0 Å². The molecule has 11 aromatic carbocycles. The number of aromatic nitrogens is 5. The minimum absolute atomic E-state index is 0.590. The van der Waals surface area contributed by atoms with E-state index in [-0.39, 0.29) is 0 Å². The van der Waals surface area contributed by atoms with Crippen LogP contribution >= 0.6 is 0 Å². The Hall–Kier alpha value is -10.2. The van der Waals surface area contributed by atoms with E-state index in [0.717, 1.165) is 116 Å². The van der Waals surface area contributed by atoms with Crippen molar-refractivity contribution in [3.63, 3.8) is 0 Å². The lowest BCUT2D eigenvalue weighted by Crippen LogP contribution is -2.01. The Morgan fingerprint density at radius 3 is 1.11 bits per heavy atom. The number of nitrogens with zero attached hydrogens (tertiary/aromatic N) is 5. The van der Waals surface area contributed by atoms with Gasteiger partial charge in [0.15, 0.2) is 28.6 Å². The first-order chi connectivity index (χ1) is 37.2. The third-order valence-electron chi connectivity index (χ3n) is 14.8. The van der Waals surface area contributed by atoms with E-state index in [1.54, 1.807) is 0 Å². The van der Waals surface area contributed by atoms with E-state index in [1.807, 2.05) is 12.1 Å². The van der Waals surface area contributed by atoms with E-state index in [2.05, 4.69) is 258 Å². The summed E-state index contributed by atoms with van der Waals surface area (Å²) < 4.78 is 12.1. The lowest BCUT2D eigenvalue weighted by Gasteiger charge is -2.12. The number of benzene rings is 11. The summed E-state index contributed by atoms with van der Waals surface area (Å²) in [5, 5.41) is 6.73. The van der Waals surface area contributed by atoms with Gasteiger partial charge in [-0.05, 0) is 106 Å². The summed E-state index contributed by atoms with van der Waals surface area (Å²) in [4.78, 5) is 15.6. The fourth-order valence-corrected chi connectivity index (χ4v) is 11.2. The predicted octanol–water partition coefficient (Wildman–Crippen LogP) is 18.0. The van der Waals surface area contributed by atoms with Gasteiger partial charge in [-0.1, -0.05) is 188 Å². The van der Waals surface area contributed by atoms with Crippen molar-refractivity contribution in [1.29, 1.82) is 0 Å². The highest BCUT2D eigenvalue weighted by Crippen LogP contribution is 2.45. The van der Waals surface area contributed by atoms with Crippen molar-refractivity contribution in [2.24, 2.45) is 0 Å². The van der Waals surface area contributed by atoms with Crippen molar-refractivity contribution in [2.75, 3.05) is 0 Å². The van der Waals surface area contributed by atoms with Crippen LogP contribution in [0.5, 0.6) is 0 Å². The average Bonchev–Trinajstić information content (AvgIpc) is 4.26. The van der Waals surface area contributed by atoms with Crippen LogP contribution in [0.1, 0.15) is 0 Å². The van der Waals surface area contributed by atoms with Crippen molar-refractivity contribution in [2.45, 2.75) is 0 Å². The van der Waals surface area contributed by atoms with Crippen LogP contribution in [0, 0.1) is 0 Å². The Labute approximate surface area is 431 Å². The molecule has 0 saturated heterocycles. The molecule has 0 aliphatic carbocycles. The Balaban J connectivity index is 0.902. The molecule has 350 valence electrons.